The summed E-state index contributed by atoms with van der Waals surface area (Å²) < 4.78 is 5.30. The van der Waals surface area contributed by atoms with Crippen LogP contribution in [0.25, 0.3) is 11.1 Å². The van der Waals surface area contributed by atoms with Crippen molar-refractivity contribution in [1.82, 2.24) is 10.6 Å². The molecule has 1 aliphatic heterocycles. The molecule has 1 aliphatic rings. The molecule has 2 aromatic carbocycles. The zero-order valence-electron chi connectivity index (χ0n) is 19.5. The average Bonchev–Trinajstić information content (AvgIpc) is 2.71. The molecule has 174 valence electrons. The molecule has 1 heterocycles. The Morgan fingerprint density at radius 1 is 1.12 bits per heavy atom. The lowest BCUT2D eigenvalue weighted by atomic mass is 9.89. The number of nitrogens with one attached hydrogen (secondary N) is 2. The third-order valence-corrected chi connectivity index (χ3v) is 5.61. The fourth-order valence-electron chi connectivity index (χ4n) is 4.18. The highest BCUT2D eigenvalue weighted by Crippen LogP contribution is 2.39. The summed E-state index contributed by atoms with van der Waals surface area (Å²) in [5.74, 6) is -0.00130. The van der Waals surface area contributed by atoms with Gasteiger partial charge in [0.2, 0.25) is 5.91 Å². The summed E-state index contributed by atoms with van der Waals surface area (Å²) >= 11 is 0. The molecule has 0 saturated heterocycles. The minimum atomic E-state index is -0.436. The van der Waals surface area contributed by atoms with E-state index < -0.39 is 6.09 Å². The second-order valence-electron chi connectivity index (χ2n) is 8.45. The summed E-state index contributed by atoms with van der Waals surface area (Å²) in [6.45, 7) is 8.18. The number of amides is 2. The molecule has 0 bridgehead atoms. The molecule has 2 atom stereocenters. The number of hydrogen-bond acceptors (Lipinski definition) is 4. The number of ether oxygens (including phenoxy) is 1. The lowest BCUT2D eigenvalue weighted by Crippen LogP contribution is -2.45. The van der Waals surface area contributed by atoms with Crippen molar-refractivity contribution in [1.29, 1.82) is 0 Å². The Morgan fingerprint density at radius 2 is 1.78 bits per heavy atom. The van der Waals surface area contributed by atoms with E-state index in [-0.39, 0.29) is 36.5 Å². The van der Waals surface area contributed by atoms with Crippen LogP contribution < -0.4 is 15.5 Å². The van der Waals surface area contributed by atoms with Crippen LogP contribution in [0.4, 0.5) is 10.5 Å². The Hall–Kier alpha value is -2.57. The lowest BCUT2D eigenvalue weighted by molar-refractivity contribution is -0.117. The molecule has 0 unspecified atom stereocenters. The van der Waals surface area contributed by atoms with Crippen molar-refractivity contribution in [3.05, 3.63) is 53.6 Å². The second-order valence-corrected chi connectivity index (χ2v) is 8.45. The van der Waals surface area contributed by atoms with Crippen molar-refractivity contribution in [2.75, 3.05) is 18.5 Å². The highest BCUT2D eigenvalue weighted by Gasteiger charge is 2.33. The maximum Gasteiger partial charge on any atom is 0.407 e. The molecule has 0 radical (unpaired) electrons. The normalized spacial score (nSPS) is 17.4. The summed E-state index contributed by atoms with van der Waals surface area (Å²) in [6.07, 6.45) is 0.985. The first kappa shape index (κ1) is 25.7. The molecule has 6 nitrogen and oxygen atoms in total. The second kappa shape index (κ2) is 11.3. The van der Waals surface area contributed by atoms with Crippen molar-refractivity contribution >= 4 is 30.1 Å². The summed E-state index contributed by atoms with van der Waals surface area (Å²) in [6, 6.07) is 14.4. The first-order chi connectivity index (χ1) is 14.8. The monoisotopic (exact) mass is 459 g/mol. The van der Waals surface area contributed by atoms with E-state index in [0.29, 0.717) is 6.42 Å². The maximum atomic E-state index is 12.3. The first-order valence-electron chi connectivity index (χ1n) is 10.9. The summed E-state index contributed by atoms with van der Waals surface area (Å²) in [5, 5.41) is 6.17. The molecular formula is C25H34ClN3O3. The molecule has 2 amide bonds. The number of carbonyl (C=O) groups is 2. The number of fused-ring (bicyclic) bond motifs is 1. The fourth-order valence-corrected chi connectivity index (χ4v) is 4.18. The Kier molecular flexibility index (Phi) is 9.10. The third kappa shape index (κ3) is 6.02. The molecule has 32 heavy (non-hydrogen) atoms. The van der Waals surface area contributed by atoms with Gasteiger partial charge in [0.05, 0.1) is 12.1 Å². The largest absolute Gasteiger partial charge is 0.447 e. The average molecular weight is 460 g/mol. The molecular weight excluding hydrogens is 426 g/mol. The highest BCUT2D eigenvalue weighted by molar-refractivity contribution is 5.94. The third-order valence-electron chi connectivity index (χ3n) is 5.61. The van der Waals surface area contributed by atoms with Gasteiger partial charge in [-0.2, -0.15) is 0 Å². The number of hydrogen-bond donors (Lipinski definition) is 2. The SMILES string of the molecule is CNCCc1ccc(-c2ccc3c(c2)[C@H](NC(=O)OC(C)C)C[C@H](C)N3C(C)=O)cc1.Cl. The predicted molar refractivity (Wildman–Crippen MR) is 131 cm³/mol. The Bertz CT molecular complexity index is 931. The molecule has 0 spiro atoms. The van der Waals surface area contributed by atoms with Gasteiger partial charge in [0.15, 0.2) is 0 Å². The zero-order valence-corrected chi connectivity index (χ0v) is 20.3. The quantitative estimate of drug-likeness (QED) is 0.647. The molecule has 3 rings (SSSR count). The van der Waals surface area contributed by atoms with Crippen LogP contribution in [-0.4, -0.2) is 37.7 Å². The van der Waals surface area contributed by atoms with Crippen LogP contribution >= 0.6 is 12.4 Å². The number of halogens is 1. The predicted octanol–water partition coefficient (Wildman–Crippen LogP) is 4.86. The number of carbonyl (C=O) groups excluding carboxylic acids is 2. The van der Waals surface area contributed by atoms with Gasteiger partial charge in [-0.1, -0.05) is 30.3 Å². The van der Waals surface area contributed by atoms with Gasteiger partial charge in [0, 0.05) is 18.7 Å². The fraction of sp³-hybridized carbons (Fsp3) is 0.440. The van der Waals surface area contributed by atoms with Crippen LogP contribution in [0.3, 0.4) is 0 Å². The van der Waals surface area contributed by atoms with E-state index in [4.69, 9.17) is 4.74 Å². The number of nitrogens with zero attached hydrogens (tertiary/aromatic N) is 1. The van der Waals surface area contributed by atoms with Gasteiger partial charge in [0.25, 0.3) is 0 Å². The number of likely N-dealkylation sites (N-methyl/N-ethyl adjacent to an activating group) is 1. The van der Waals surface area contributed by atoms with Crippen molar-refractivity contribution in [3.8, 4) is 11.1 Å². The smallest absolute Gasteiger partial charge is 0.407 e. The van der Waals surface area contributed by atoms with Crippen LogP contribution in [-0.2, 0) is 16.0 Å². The molecule has 2 aromatic rings. The van der Waals surface area contributed by atoms with Crippen LogP contribution in [0.15, 0.2) is 42.5 Å². The molecule has 2 N–H and O–H groups in total. The van der Waals surface area contributed by atoms with E-state index in [2.05, 4.69) is 41.0 Å². The number of anilines is 1. The van der Waals surface area contributed by atoms with Crippen LogP contribution in [0, 0.1) is 0 Å². The van der Waals surface area contributed by atoms with Gasteiger partial charge in [-0.25, -0.2) is 4.79 Å². The molecule has 0 aliphatic carbocycles. The van der Waals surface area contributed by atoms with Gasteiger partial charge in [0.1, 0.15) is 0 Å². The Balaban J connectivity index is 0.00000363. The van der Waals surface area contributed by atoms with Gasteiger partial charge in [-0.3, -0.25) is 4.79 Å². The first-order valence-corrected chi connectivity index (χ1v) is 10.9. The number of rotatable bonds is 6. The summed E-state index contributed by atoms with van der Waals surface area (Å²) in [5.41, 5.74) is 5.22. The van der Waals surface area contributed by atoms with E-state index >= 15 is 0 Å². The van der Waals surface area contributed by atoms with Crippen molar-refractivity contribution in [2.24, 2.45) is 0 Å². The number of benzene rings is 2. The van der Waals surface area contributed by atoms with Crippen LogP contribution in [0.1, 0.15) is 51.3 Å². The van der Waals surface area contributed by atoms with Crippen molar-refractivity contribution in [2.45, 2.75) is 58.7 Å². The van der Waals surface area contributed by atoms with Crippen LogP contribution in [0.2, 0.25) is 0 Å². The van der Waals surface area contributed by atoms with E-state index in [1.165, 1.54) is 5.56 Å². The van der Waals surface area contributed by atoms with Gasteiger partial charge in [-0.05, 0) is 81.6 Å². The minimum absolute atomic E-state index is 0. The standard InChI is InChI=1S/C25H33N3O3.ClH/c1-16(2)31-25(30)27-23-14-17(3)28(18(4)29)24-11-10-21(15-22(23)24)20-8-6-19(7-9-20)12-13-26-5;/h6-11,15-17,23,26H,12-14H2,1-5H3,(H,27,30);1H/t17-,23+;/m0./s1. The van der Waals surface area contributed by atoms with E-state index in [0.717, 1.165) is 35.3 Å². The molecule has 0 saturated carbocycles. The highest BCUT2D eigenvalue weighted by atomic mass is 35.5. The summed E-state index contributed by atoms with van der Waals surface area (Å²) in [4.78, 5) is 26.5. The van der Waals surface area contributed by atoms with E-state index in [1.807, 2.05) is 44.9 Å². The van der Waals surface area contributed by atoms with E-state index in [9.17, 15) is 9.59 Å². The maximum absolute atomic E-state index is 12.3. The Morgan fingerprint density at radius 3 is 2.38 bits per heavy atom. The van der Waals surface area contributed by atoms with Gasteiger partial charge >= 0.3 is 6.09 Å². The van der Waals surface area contributed by atoms with E-state index in [1.54, 1.807) is 6.92 Å². The summed E-state index contributed by atoms with van der Waals surface area (Å²) in [7, 11) is 1.95. The topological polar surface area (TPSA) is 70.7 Å². The van der Waals surface area contributed by atoms with Crippen LogP contribution in [0.5, 0.6) is 0 Å². The number of alkyl carbamates (subject to hydrolysis) is 1. The van der Waals surface area contributed by atoms with Gasteiger partial charge < -0.3 is 20.3 Å². The van der Waals surface area contributed by atoms with Gasteiger partial charge in [-0.15, -0.1) is 12.4 Å². The minimum Gasteiger partial charge on any atom is -0.447 e. The molecule has 0 fully saturated rings. The molecule has 7 heteroatoms. The zero-order chi connectivity index (χ0) is 22.5. The Labute approximate surface area is 197 Å². The molecule has 0 aromatic heterocycles. The lowest BCUT2D eigenvalue weighted by Gasteiger charge is -2.39. The van der Waals surface area contributed by atoms with Crippen molar-refractivity contribution in [3.63, 3.8) is 0 Å². The van der Waals surface area contributed by atoms with Crippen molar-refractivity contribution < 1.29 is 14.3 Å².